The van der Waals surface area contributed by atoms with E-state index in [2.05, 4.69) is 0 Å². The number of amides is 2. The van der Waals surface area contributed by atoms with E-state index < -0.39 is 0 Å². The first-order valence-corrected chi connectivity index (χ1v) is 10.0. The summed E-state index contributed by atoms with van der Waals surface area (Å²) in [5, 5.41) is 0.575. The van der Waals surface area contributed by atoms with Gasteiger partial charge in [-0.2, -0.15) is 0 Å². The van der Waals surface area contributed by atoms with Crippen LogP contribution in [0.25, 0.3) is 5.57 Å². The van der Waals surface area contributed by atoms with Crippen LogP contribution in [-0.2, 0) is 16.1 Å². The number of halogens is 1. The van der Waals surface area contributed by atoms with Gasteiger partial charge in [0.2, 0.25) is 0 Å². The number of carbonyl (C=O) groups excluding carboxylic acids is 2. The molecular formula is C25H21ClN2O2. The minimum absolute atomic E-state index is 0.325. The van der Waals surface area contributed by atoms with Crippen LogP contribution in [0.3, 0.4) is 0 Å². The summed E-state index contributed by atoms with van der Waals surface area (Å²) in [6.45, 7) is 2.44. The van der Waals surface area contributed by atoms with Crippen LogP contribution in [0.1, 0.15) is 16.7 Å². The zero-order valence-electron chi connectivity index (χ0n) is 16.8. The average Bonchev–Trinajstić information content (AvgIpc) is 2.99. The molecule has 0 bridgehead atoms. The fourth-order valence-electron chi connectivity index (χ4n) is 3.69. The van der Waals surface area contributed by atoms with E-state index in [1.165, 1.54) is 4.90 Å². The second-order valence-corrected chi connectivity index (χ2v) is 7.79. The molecule has 4 rings (SSSR count). The van der Waals surface area contributed by atoms with E-state index in [-0.39, 0.29) is 11.8 Å². The Kier molecular flexibility index (Phi) is 5.42. The highest BCUT2D eigenvalue weighted by atomic mass is 35.5. The Balaban J connectivity index is 1.80. The zero-order valence-corrected chi connectivity index (χ0v) is 17.6. The summed E-state index contributed by atoms with van der Waals surface area (Å²) < 4.78 is 0. The van der Waals surface area contributed by atoms with Gasteiger partial charge in [0.25, 0.3) is 11.8 Å². The molecule has 150 valence electrons. The first kappa shape index (κ1) is 19.9. The lowest BCUT2D eigenvalue weighted by atomic mass is 10.0. The lowest BCUT2D eigenvalue weighted by Gasteiger charge is -2.21. The number of carbonyl (C=O) groups is 2. The van der Waals surface area contributed by atoms with Gasteiger partial charge in [0.1, 0.15) is 5.70 Å². The second-order valence-electron chi connectivity index (χ2n) is 7.36. The van der Waals surface area contributed by atoms with Crippen LogP contribution in [0.4, 0.5) is 5.69 Å². The van der Waals surface area contributed by atoms with Crippen molar-refractivity contribution in [3.05, 3.63) is 106 Å². The third-order valence-corrected chi connectivity index (χ3v) is 5.35. The molecule has 0 unspecified atom stereocenters. The van der Waals surface area contributed by atoms with Gasteiger partial charge in [-0.3, -0.25) is 9.59 Å². The van der Waals surface area contributed by atoms with E-state index in [9.17, 15) is 9.59 Å². The summed E-state index contributed by atoms with van der Waals surface area (Å²) in [5.74, 6) is -0.656. The summed E-state index contributed by atoms with van der Waals surface area (Å²) >= 11 is 6.04. The number of rotatable bonds is 5. The van der Waals surface area contributed by atoms with E-state index in [1.807, 2.05) is 67.4 Å². The standard InChI is InChI=1S/C25H21ClN2O2/c1-17-7-6-10-21(15-17)28-24(29)22(19-11-13-20(26)14-12-19)23(25(28)30)27(2)16-18-8-4-3-5-9-18/h3-15H,16H2,1-2H3. The Morgan fingerprint density at radius 2 is 1.57 bits per heavy atom. The highest BCUT2D eigenvalue weighted by Gasteiger charge is 2.41. The highest BCUT2D eigenvalue weighted by Crippen LogP contribution is 2.35. The molecular weight excluding hydrogens is 396 g/mol. The molecule has 4 nitrogen and oxygen atoms in total. The molecule has 0 N–H and O–H groups in total. The molecule has 30 heavy (non-hydrogen) atoms. The minimum Gasteiger partial charge on any atom is -0.365 e. The van der Waals surface area contributed by atoms with Crippen LogP contribution in [-0.4, -0.2) is 23.8 Å². The van der Waals surface area contributed by atoms with Crippen molar-refractivity contribution < 1.29 is 9.59 Å². The number of hydrogen-bond donors (Lipinski definition) is 0. The van der Waals surface area contributed by atoms with Crippen LogP contribution in [0.5, 0.6) is 0 Å². The average molecular weight is 417 g/mol. The topological polar surface area (TPSA) is 40.6 Å². The number of likely N-dealkylation sites (N-methyl/N-ethyl adjacent to an activating group) is 1. The van der Waals surface area contributed by atoms with Crippen molar-refractivity contribution in [2.45, 2.75) is 13.5 Å². The van der Waals surface area contributed by atoms with Gasteiger partial charge < -0.3 is 4.90 Å². The number of aryl methyl sites for hydroxylation is 1. The maximum absolute atomic E-state index is 13.5. The summed E-state index contributed by atoms with van der Waals surface area (Å²) in [7, 11) is 1.84. The molecule has 3 aromatic rings. The molecule has 2 amide bonds. The van der Waals surface area contributed by atoms with Crippen LogP contribution in [0.15, 0.2) is 84.6 Å². The minimum atomic E-state index is -0.331. The fourth-order valence-corrected chi connectivity index (χ4v) is 3.81. The largest absolute Gasteiger partial charge is 0.365 e. The van der Waals surface area contributed by atoms with E-state index in [0.717, 1.165) is 11.1 Å². The van der Waals surface area contributed by atoms with Gasteiger partial charge in [-0.1, -0.05) is 66.2 Å². The monoisotopic (exact) mass is 416 g/mol. The quantitative estimate of drug-likeness (QED) is 0.545. The lowest BCUT2D eigenvalue weighted by Crippen LogP contribution is -2.34. The smallest absolute Gasteiger partial charge is 0.282 e. The van der Waals surface area contributed by atoms with Crippen molar-refractivity contribution in [2.24, 2.45) is 0 Å². The van der Waals surface area contributed by atoms with Gasteiger partial charge >= 0.3 is 0 Å². The molecule has 0 saturated heterocycles. The zero-order chi connectivity index (χ0) is 21.3. The molecule has 0 aliphatic carbocycles. The molecule has 1 aliphatic heterocycles. The third kappa shape index (κ3) is 3.74. The van der Waals surface area contributed by atoms with E-state index in [0.29, 0.717) is 34.1 Å². The van der Waals surface area contributed by atoms with E-state index >= 15 is 0 Å². The highest BCUT2D eigenvalue weighted by molar-refractivity contribution is 6.45. The number of anilines is 1. The summed E-state index contributed by atoms with van der Waals surface area (Å²) in [6.07, 6.45) is 0. The predicted molar refractivity (Wildman–Crippen MR) is 120 cm³/mol. The molecule has 1 aliphatic rings. The van der Waals surface area contributed by atoms with Crippen LogP contribution in [0, 0.1) is 6.92 Å². The van der Waals surface area contributed by atoms with Gasteiger partial charge in [0.15, 0.2) is 0 Å². The number of imide groups is 1. The Hall–Kier alpha value is -3.37. The number of hydrogen-bond acceptors (Lipinski definition) is 3. The summed E-state index contributed by atoms with van der Waals surface area (Å²) in [5.41, 5.74) is 4.04. The molecule has 0 atom stereocenters. The normalized spacial score (nSPS) is 13.9. The Bertz CT molecular complexity index is 1140. The molecule has 1 heterocycles. The van der Waals surface area contributed by atoms with Gasteiger partial charge in [-0.15, -0.1) is 0 Å². The molecule has 0 radical (unpaired) electrons. The van der Waals surface area contributed by atoms with Crippen molar-refractivity contribution >= 4 is 34.7 Å². The lowest BCUT2D eigenvalue weighted by molar-refractivity contribution is -0.120. The van der Waals surface area contributed by atoms with Crippen LogP contribution in [0.2, 0.25) is 5.02 Å². The molecule has 0 aromatic heterocycles. The molecule has 5 heteroatoms. The van der Waals surface area contributed by atoms with Crippen molar-refractivity contribution in [3.8, 4) is 0 Å². The first-order chi connectivity index (χ1) is 14.5. The second kappa shape index (κ2) is 8.17. The first-order valence-electron chi connectivity index (χ1n) is 9.66. The molecule has 0 spiro atoms. The fraction of sp³-hybridized carbons (Fsp3) is 0.120. The molecule has 0 saturated carbocycles. The molecule has 0 fully saturated rings. The Morgan fingerprint density at radius 3 is 2.23 bits per heavy atom. The summed E-state index contributed by atoms with van der Waals surface area (Å²) in [6, 6.07) is 24.3. The van der Waals surface area contributed by atoms with E-state index in [1.54, 1.807) is 30.3 Å². The maximum Gasteiger partial charge on any atom is 0.282 e. The van der Waals surface area contributed by atoms with E-state index in [4.69, 9.17) is 11.6 Å². The maximum atomic E-state index is 13.5. The van der Waals surface area contributed by atoms with Gasteiger partial charge in [0, 0.05) is 18.6 Å². The van der Waals surface area contributed by atoms with Gasteiger partial charge in [-0.25, -0.2) is 4.90 Å². The predicted octanol–water partition coefficient (Wildman–Crippen LogP) is 5.06. The number of nitrogens with zero attached hydrogens (tertiary/aromatic N) is 2. The Labute approximate surface area is 181 Å². The van der Waals surface area contributed by atoms with Crippen molar-refractivity contribution in [1.82, 2.24) is 4.90 Å². The van der Waals surface area contributed by atoms with Gasteiger partial charge in [-0.05, 0) is 47.9 Å². The summed E-state index contributed by atoms with van der Waals surface area (Å²) in [4.78, 5) is 30.1. The molecule has 3 aromatic carbocycles. The van der Waals surface area contributed by atoms with Crippen LogP contribution >= 0.6 is 11.6 Å². The SMILES string of the molecule is Cc1cccc(N2C(=O)C(c3ccc(Cl)cc3)=C(N(C)Cc3ccccc3)C2=O)c1. The Morgan fingerprint density at radius 1 is 0.867 bits per heavy atom. The van der Waals surface area contributed by atoms with Crippen molar-refractivity contribution in [1.29, 1.82) is 0 Å². The van der Waals surface area contributed by atoms with Crippen molar-refractivity contribution in [3.63, 3.8) is 0 Å². The third-order valence-electron chi connectivity index (χ3n) is 5.10. The van der Waals surface area contributed by atoms with Crippen LogP contribution < -0.4 is 4.90 Å². The van der Waals surface area contributed by atoms with Gasteiger partial charge in [0.05, 0.1) is 11.3 Å². The number of benzene rings is 3. The van der Waals surface area contributed by atoms with Crippen molar-refractivity contribution in [2.75, 3.05) is 11.9 Å².